The molecule has 3 aromatic carbocycles. The van der Waals surface area contributed by atoms with Gasteiger partial charge in [-0.05, 0) is 34.4 Å². The van der Waals surface area contributed by atoms with Gasteiger partial charge < -0.3 is 10.0 Å². The van der Waals surface area contributed by atoms with E-state index in [1.165, 1.54) is 5.56 Å². The van der Waals surface area contributed by atoms with Crippen molar-refractivity contribution in [1.29, 1.82) is 0 Å². The van der Waals surface area contributed by atoms with E-state index in [1.807, 2.05) is 59.5 Å². The summed E-state index contributed by atoms with van der Waals surface area (Å²) >= 11 is 0. The third-order valence-corrected chi connectivity index (χ3v) is 4.85. The maximum Gasteiger partial charge on any atom is 0.255 e. The number of aliphatic hydroxyl groups is 1. The predicted octanol–water partition coefficient (Wildman–Crippen LogP) is 3.40. The Morgan fingerprint density at radius 2 is 1.67 bits per heavy atom. The van der Waals surface area contributed by atoms with E-state index in [-0.39, 0.29) is 18.6 Å². The summed E-state index contributed by atoms with van der Waals surface area (Å²) in [6, 6.07) is 21.7. The molecule has 1 amide bonds. The van der Waals surface area contributed by atoms with Crippen molar-refractivity contribution in [2.24, 2.45) is 0 Å². The normalized spacial score (nSPS) is 16.9. The summed E-state index contributed by atoms with van der Waals surface area (Å²) in [5.74, 6) is -0.0136. The summed E-state index contributed by atoms with van der Waals surface area (Å²) in [7, 11) is 0. The average Bonchev–Trinajstić information content (AvgIpc) is 2.66. The first-order valence-electron chi connectivity index (χ1n) is 8.24. The van der Waals surface area contributed by atoms with Crippen LogP contribution in [-0.4, -0.2) is 28.6 Å². The maximum absolute atomic E-state index is 13.2. The van der Waals surface area contributed by atoms with E-state index in [9.17, 15) is 9.90 Å². The van der Waals surface area contributed by atoms with Gasteiger partial charge in [0, 0.05) is 12.1 Å². The molecule has 0 unspecified atom stereocenters. The summed E-state index contributed by atoms with van der Waals surface area (Å²) in [5, 5.41) is 11.8. The van der Waals surface area contributed by atoms with E-state index >= 15 is 0 Å². The lowest BCUT2D eigenvalue weighted by Crippen LogP contribution is -2.46. The summed E-state index contributed by atoms with van der Waals surface area (Å²) in [6.45, 7) is 0.522. The van der Waals surface area contributed by atoms with Gasteiger partial charge in [-0.2, -0.15) is 0 Å². The number of rotatable bonds is 2. The van der Waals surface area contributed by atoms with Crippen molar-refractivity contribution in [2.45, 2.75) is 19.0 Å². The summed E-state index contributed by atoms with van der Waals surface area (Å²) in [5.41, 5.74) is 3.08. The minimum atomic E-state index is -0.175. The van der Waals surface area contributed by atoms with E-state index in [2.05, 4.69) is 12.1 Å². The van der Waals surface area contributed by atoms with Crippen LogP contribution in [0.25, 0.3) is 10.8 Å². The van der Waals surface area contributed by atoms with E-state index in [0.29, 0.717) is 18.5 Å². The number of aliphatic hydroxyl groups excluding tert-OH is 1. The monoisotopic (exact) mass is 317 g/mol. The Hall–Kier alpha value is -2.65. The lowest BCUT2D eigenvalue weighted by molar-refractivity contribution is 0.0546. The van der Waals surface area contributed by atoms with Crippen molar-refractivity contribution in [2.75, 3.05) is 6.61 Å². The van der Waals surface area contributed by atoms with Crippen molar-refractivity contribution >= 4 is 16.7 Å². The third-order valence-electron chi connectivity index (χ3n) is 4.85. The minimum absolute atomic E-state index is 0.0136. The molecule has 1 atom stereocenters. The number of carbonyl (C=O) groups excluding carboxylic acids is 1. The van der Waals surface area contributed by atoms with Crippen LogP contribution in [0.15, 0.2) is 66.7 Å². The molecule has 0 saturated carbocycles. The Kier molecular flexibility index (Phi) is 3.79. The molecular weight excluding hydrogens is 298 g/mol. The van der Waals surface area contributed by atoms with Crippen molar-refractivity contribution in [3.63, 3.8) is 0 Å². The Balaban J connectivity index is 1.75. The second-order valence-corrected chi connectivity index (χ2v) is 6.27. The van der Waals surface area contributed by atoms with Crippen LogP contribution in [0.3, 0.4) is 0 Å². The summed E-state index contributed by atoms with van der Waals surface area (Å²) < 4.78 is 0. The molecule has 4 rings (SSSR count). The molecule has 1 aliphatic rings. The van der Waals surface area contributed by atoms with Crippen molar-refractivity contribution in [1.82, 2.24) is 4.90 Å². The fraction of sp³-hybridized carbons (Fsp3) is 0.190. The number of carbonyl (C=O) groups is 1. The van der Waals surface area contributed by atoms with Crippen LogP contribution in [0, 0.1) is 0 Å². The number of hydrogen-bond donors (Lipinski definition) is 1. The molecule has 0 fully saturated rings. The number of fused-ring (bicyclic) bond motifs is 2. The first-order chi connectivity index (χ1) is 11.8. The highest BCUT2D eigenvalue weighted by Crippen LogP contribution is 2.27. The zero-order chi connectivity index (χ0) is 16.5. The number of amides is 1. The molecule has 0 bridgehead atoms. The molecule has 1 heterocycles. The van der Waals surface area contributed by atoms with Crippen molar-refractivity contribution < 1.29 is 9.90 Å². The molecule has 24 heavy (non-hydrogen) atoms. The van der Waals surface area contributed by atoms with E-state index in [4.69, 9.17) is 0 Å². The van der Waals surface area contributed by atoms with Crippen LogP contribution in [0.5, 0.6) is 0 Å². The van der Waals surface area contributed by atoms with Crippen LogP contribution < -0.4 is 0 Å². The van der Waals surface area contributed by atoms with E-state index < -0.39 is 0 Å². The SMILES string of the molecule is O=C(c1cccc2ccccc12)N1Cc2ccccc2C[C@H]1CO. The summed E-state index contributed by atoms with van der Waals surface area (Å²) in [4.78, 5) is 15.0. The number of nitrogens with zero attached hydrogens (tertiary/aromatic N) is 1. The largest absolute Gasteiger partial charge is 0.394 e. The lowest BCUT2D eigenvalue weighted by atomic mass is 9.93. The fourth-order valence-electron chi connectivity index (χ4n) is 3.55. The highest BCUT2D eigenvalue weighted by Gasteiger charge is 2.30. The maximum atomic E-state index is 13.2. The minimum Gasteiger partial charge on any atom is -0.394 e. The lowest BCUT2D eigenvalue weighted by Gasteiger charge is -2.36. The highest BCUT2D eigenvalue weighted by molar-refractivity contribution is 6.07. The smallest absolute Gasteiger partial charge is 0.255 e. The summed E-state index contributed by atoms with van der Waals surface area (Å²) in [6.07, 6.45) is 0.698. The van der Waals surface area contributed by atoms with Gasteiger partial charge in [-0.1, -0.05) is 60.7 Å². The van der Waals surface area contributed by atoms with Gasteiger partial charge >= 0.3 is 0 Å². The molecule has 1 aliphatic heterocycles. The van der Waals surface area contributed by atoms with Crippen LogP contribution in [0.1, 0.15) is 21.5 Å². The Morgan fingerprint density at radius 1 is 0.958 bits per heavy atom. The van der Waals surface area contributed by atoms with Crippen molar-refractivity contribution in [3.05, 3.63) is 83.4 Å². The number of hydrogen-bond acceptors (Lipinski definition) is 2. The predicted molar refractivity (Wildman–Crippen MR) is 94.8 cm³/mol. The fourth-order valence-corrected chi connectivity index (χ4v) is 3.55. The third kappa shape index (κ3) is 2.47. The van der Waals surface area contributed by atoms with Crippen molar-refractivity contribution in [3.8, 4) is 0 Å². The Labute approximate surface area is 141 Å². The van der Waals surface area contributed by atoms with Gasteiger partial charge in [-0.3, -0.25) is 4.79 Å². The molecule has 3 heteroatoms. The molecule has 0 spiro atoms. The molecular formula is C21H19NO2. The van der Waals surface area contributed by atoms with Gasteiger partial charge in [0.1, 0.15) is 0 Å². The Morgan fingerprint density at radius 3 is 2.50 bits per heavy atom. The molecule has 0 aromatic heterocycles. The van der Waals surface area contributed by atoms with Crippen LogP contribution in [0.4, 0.5) is 0 Å². The molecule has 0 saturated heterocycles. The topological polar surface area (TPSA) is 40.5 Å². The molecule has 0 radical (unpaired) electrons. The van der Waals surface area contributed by atoms with Crippen LogP contribution in [-0.2, 0) is 13.0 Å². The van der Waals surface area contributed by atoms with Gasteiger partial charge in [0.25, 0.3) is 5.91 Å². The molecule has 3 nitrogen and oxygen atoms in total. The Bertz CT molecular complexity index is 898. The zero-order valence-electron chi connectivity index (χ0n) is 13.4. The molecule has 1 N–H and O–H groups in total. The van der Waals surface area contributed by atoms with E-state index in [0.717, 1.165) is 16.3 Å². The van der Waals surface area contributed by atoms with E-state index in [1.54, 1.807) is 0 Å². The molecule has 0 aliphatic carbocycles. The van der Waals surface area contributed by atoms with Gasteiger partial charge in [-0.15, -0.1) is 0 Å². The quantitative estimate of drug-likeness (QED) is 0.787. The van der Waals surface area contributed by atoms with Crippen LogP contribution in [0.2, 0.25) is 0 Å². The second-order valence-electron chi connectivity index (χ2n) is 6.27. The van der Waals surface area contributed by atoms with Crippen LogP contribution >= 0.6 is 0 Å². The highest BCUT2D eigenvalue weighted by atomic mass is 16.3. The number of benzene rings is 3. The van der Waals surface area contributed by atoms with Gasteiger partial charge in [0.05, 0.1) is 12.6 Å². The van der Waals surface area contributed by atoms with Gasteiger partial charge in [0.15, 0.2) is 0 Å². The zero-order valence-corrected chi connectivity index (χ0v) is 13.4. The average molecular weight is 317 g/mol. The van der Waals surface area contributed by atoms with Gasteiger partial charge in [0.2, 0.25) is 0 Å². The second kappa shape index (κ2) is 6.10. The first kappa shape index (κ1) is 14.9. The standard InChI is InChI=1S/C21H19NO2/c23-14-18-12-16-7-1-2-8-17(16)13-22(18)21(24)20-11-5-9-15-6-3-4-10-19(15)20/h1-11,18,23H,12-14H2/t18-/m0/s1. The molecule has 120 valence electrons. The first-order valence-corrected chi connectivity index (χ1v) is 8.24. The van der Waals surface area contributed by atoms with Gasteiger partial charge in [-0.25, -0.2) is 0 Å². The molecule has 3 aromatic rings.